The number of pyridine rings is 1. The second-order valence-electron chi connectivity index (χ2n) is 6.84. The molecule has 2 heterocycles. The first kappa shape index (κ1) is 14.9. The van der Waals surface area contributed by atoms with E-state index in [1.54, 1.807) is 0 Å². The molecular weight excluding hydrogens is 262 g/mol. The lowest BCUT2D eigenvalue weighted by Gasteiger charge is -2.40. The van der Waals surface area contributed by atoms with Crippen molar-refractivity contribution in [3.8, 4) is 0 Å². The molecule has 1 aromatic rings. The molecule has 0 bridgehead atoms. The van der Waals surface area contributed by atoms with Gasteiger partial charge in [-0.15, -0.1) is 0 Å². The zero-order valence-electron chi connectivity index (χ0n) is 13.1. The lowest BCUT2D eigenvalue weighted by molar-refractivity contribution is -0.0239. The number of rotatable bonds is 7. The van der Waals surface area contributed by atoms with Crippen LogP contribution in [0.2, 0.25) is 0 Å². The molecule has 0 aromatic carbocycles. The molecule has 1 saturated carbocycles. The molecule has 1 N–H and O–H groups in total. The van der Waals surface area contributed by atoms with Gasteiger partial charge in [0.15, 0.2) is 0 Å². The predicted octanol–water partition coefficient (Wildman–Crippen LogP) is 2.06. The Hall–Kier alpha value is -0.970. The van der Waals surface area contributed by atoms with E-state index in [1.165, 1.54) is 31.2 Å². The van der Waals surface area contributed by atoms with Crippen molar-refractivity contribution in [3.05, 3.63) is 30.1 Å². The van der Waals surface area contributed by atoms with E-state index >= 15 is 0 Å². The van der Waals surface area contributed by atoms with Crippen LogP contribution in [0.3, 0.4) is 0 Å². The average molecular weight is 289 g/mol. The Kier molecular flexibility index (Phi) is 4.88. The third-order valence-corrected chi connectivity index (χ3v) is 4.53. The second kappa shape index (κ2) is 6.86. The van der Waals surface area contributed by atoms with Gasteiger partial charge in [0.25, 0.3) is 0 Å². The Morgan fingerprint density at radius 2 is 2.38 bits per heavy atom. The summed E-state index contributed by atoms with van der Waals surface area (Å²) in [5, 5.41) is 3.72. The van der Waals surface area contributed by atoms with Crippen LogP contribution in [0.5, 0.6) is 0 Å². The maximum absolute atomic E-state index is 5.81. The number of nitrogens with zero attached hydrogens (tertiary/aromatic N) is 2. The van der Waals surface area contributed by atoms with E-state index in [2.05, 4.69) is 28.3 Å². The van der Waals surface area contributed by atoms with Crippen LogP contribution >= 0.6 is 0 Å². The smallest absolute Gasteiger partial charge is 0.0546 e. The Morgan fingerprint density at radius 3 is 3.05 bits per heavy atom. The van der Waals surface area contributed by atoms with Gasteiger partial charge in [-0.05, 0) is 44.4 Å². The number of hydrogen-bond acceptors (Lipinski definition) is 4. The van der Waals surface area contributed by atoms with E-state index in [9.17, 15) is 0 Å². The fraction of sp³-hybridized carbons (Fsp3) is 0.706. The van der Waals surface area contributed by atoms with E-state index < -0.39 is 0 Å². The largest absolute Gasteiger partial charge is 0.381 e. The maximum Gasteiger partial charge on any atom is 0.0546 e. The zero-order valence-corrected chi connectivity index (χ0v) is 13.1. The highest BCUT2D eigenvalue weighted by molar-refractivity contribution is 5.08. The summed E-state index contributed by atoms with van der Waals surface area (Å²) >= 11 is 0. The predicted molar refractivity (Wildman–Crippen MR) is 84.1 cm³/mol. The Bertz CT molecular complexity index is 427. The molecule has 0 spiro atoms. The monoisotopic (exact) mass is 289 g/mol. The van der Waals surface area contributed by atoms with Crippen LogP contribution in [-0.4, -0.2) is 49.3 Å². The Labute approximate surface area is 127 Å². The highest BCUT2D eigenvalue weighted by atomic mass is 16.5. The van der Waals surface area contributed by atoms with Crippen LogP contribution in [0.4, 0.5) is 0 Å². The number of nitrogens with one attached hydrogen (secondary N) is 1. The van der Waals surface area contributed by atoms with Crippen LogP contribution in [0.1, 0.15) is 31.2 Å². The molecular formula is C17H27N3O. The molecule has 21 heavy (non-hydrogen) atoms. The quantitative estimate of drug-likeness (QED) is 0.834. The van der Waals surface area contributed by atoms with Crippen molar-refractivity contribution in [2.24, 2.45) is 5.41 Å². The first-order chi connectivity index (χ1) is 10.3. The normalized spacial score (nSPS) is 26.2. The number of hydrogen-bond donors (Lipinski definition) is 1. The average Bonchev–Trinajstić information content (AvgIpc) is 3.31. The minimum atomic E-state index is 0.276. The van der Waals surface area contributed by atoms with Crippen molar-refractivity contribution >= 4 is 0 Å². The van der Waals surface area contributed by atoms with Crippen molar-refractivity contribution in [3.63, 3.8) is 0 Å². The topological polar surface area (TPSA) is 37.4 Å². The molecule has 2 fully saturated rings. The minimum absolute atomic E-state index is 0.276. The Morgan fingerprint density at radius 1 is 1.48 bits per heavy atom. The van der Waals surface area contributed by atoms with E-state index in [1.807, 2.05) is 18.5 Å². The molecule has 1 aliphatic heterocycles. The van der Waals surface area contributed by atoms with Crippen molar-refractivity contribution in [1.82, 2.24) is 15.2 Å². The van der Waals surface area contributed by atoms with E-state index in [0.717, 1.165) is 38.9 Å². The molecule has 1 saturated heterocycles. The summed E-state index contributed by atoms with van der Waals surface area (Å²) < 4.78 is 5.81. The molecule has 0 radical (unpaired) electrons. The van der Waals surface area contributed by atoms with Crippen molar-refractivity contribution < 1.29 is 4.74 Å². The molecule has 1 atom stereocenters. The number of aromatic nitrogens is 1. The molecule has 3 rings (SSSR count). The Balaban J connectivity index is 1.57. The first-order valence-corrected chi connectivity index (χ1v) is 8.14. The van der Waals surface area contributed by atoms with Crippen LogP contribution in [0.25, 0.3) is 0 Å². The molecule has 4 heteroatoms. The van der Waals surface area contributed by atoms with Gasteiger partial charge in [-0.1, -0.05) is 6.07 Å². The van der Waals surface area contributed by atoms with Gasteiger partial charge in [0, 0.05) is 50.1 Å². The summed E-state index contributed by atoms with van der Waals surface area (Å²) in [6, 6.07) is 4.93. The van der Waals surface area contributed by atoms with E-state index in [0.29, 0.717) is 0 Å². The molecule has 1 aromatic heterocycles. The van der Waals surface area contributed by atoms with Crippen molar-refractivity contribution in [1.29, 1.82) is 0 Å². The summed E-state index contributed by atoms with van der Waals surface area (Å²) in [5.41, 5.74) is 1.56. The van der Waals surface area contributed by atoms with E-state index in [4.69, 9.17) is 4.74 Å². The van der Waals surface area contributed by atoms with Crippen LogP contribution in [0, 0.1) is 5.41 Å². The first-order valence-electron chi connectivity index (χ1n) is 8.14. The van der Waals surface area contributed by atoms with Gasteiger partial charge in [-0.3, -0.25) is 4.98 Å². The van der Waals surface area contributed by atoms with Crippen LogP contribution in [0.15, 0.2) is 24.5 Å². The van der Waals surface area contributed by atoms with Gasteiger partial charge in [-0.2, -0.15) is 0 Å². The summed E-state index contributed by atoms with van der Waals surface area (Å²) in [6.45, 7) is 4.96. The van der Waals surface area contributed by atoms with Gasteiger partial charge in [0.05, 0.1) is 6.61 Å². The van der Waals surface area contributed by atoms with E-state index in [-0.39, 0.29) is 5.41 Å². The zero-order chi connectivity index (χ0) is 14.5. The third kappa shape index (κ3) is 4.50. The second-order valence-corrected chi connectivity index (χ2v) is 6.84. The van der Waals surface area contributed by atoms with Gasteiger partial charge in [0.2, 0.25) is 0 Å². The van der Waals surface area contributed by atoms with Gasteiger partial charge in [-0.25, -0.2) is 0 Å². The lowest BCUT2D eigenvalue weighted by atomic mass is 9.81. The van der Waals surface area contributed by atoms with Gasteiger partial charge in [0.1, 0.15) is 0 Å². The highest BCUT2D eigenvalue weighted by Crippen LogP contribution is 2.31. The minimum Gasteiger partial charge on any atom is -0.381 e. The number of ether oxygens (including phenoxy) is 1. The maximum atomic E-state index is 5.81. The summed E-state index contributed by atoms with van der Waals surface area (Å²) in [7, 11) is 2.21. The summed E-state index contributed by atoms with van der Waals surface area (Å²) in [5.74, 6) is 0. The summed E-state index contributed by atoms with van der Waals surface area (Å²) in [6.07, 6.45) is 8.95. The molecule has 0 amide bonds. The van der Waals surface area contributed by atoms with Crippen molar-refractivity contribution in [2.45, 2.75) is 38.3 Å². The van der Waals surface area contributed by atoms with Gasteiger partial charge < -0.3 is 15.0 Å². The SMILES string of the molecule is CN(Cc1cccnc1)CC1(CNC2CC2)CCCOC1. The molecule has 1 aliphatic carbocycles. The molecule has 2 aliphatic rings. The standard InChI is InChI=1S/C17H27N3O/c1-20(11-15-4-2-8-18-10-15)13-17(7-3-9-21-14-17)12-19-16-5-6-16/h2,4,8,10,16,19H,3,5-7,9,11-14H2,1H3. The van der Waals surface area contributed by atoms with Gasteiger partial charge >= 0.3 is 0 Å². The third-order valence-electron chi connectivity index (χ3n) is 4.53. The van der Waals surface area contributed by atoms with Crippen LogP contribution in [-0.2, 0) is 11.3 Å². The molecule has 116 valence electrons. The lowest BCUT2D eigenvalue weighted by Crippen LogP contribution is -2.48. The van der Waals surface area contributed by atoms with Crippen molar-refractivity contribution in [2.75, 3.05) is 33.4 Å². The molecule has 1 unspecified atom stereocenters. The highest BCUT2D eigenvalue weighted by Gasteiger charge is 2.35. The van der Waals surface area contributed by atoms with Crippen LogP contribution < -0.4 is 5.32 Å². The molecule has 4 nitrogen and oxygen atoms in total. The fourth-order valence-electron chi connectivity index (χ4n) is 3.31. The summed E-state index contributed by atoms with van der Waals surface area (Å²) in [4.78, 5) is 6.62. The fourth-order valence-corrected chi connectivity index (χ4v) is 3.31.